The van der Waals surface area contributed by atoms with Crippen molar-refractivity contribution in [2.24, 2.45) is 5.41 Å². The summed E-state index contributed by atoms with van der Waals surface area (Å²) in [6, 6.07) is 7.70. The third kappa shape index (κ3) is 6.11. The van der Waals surface area contributed by atoms with Crippen molar-refractivity contribution in [3.8, 4) is 5.75 Å². The number of aliphatic hydroxyl groups excluding tert-OH is 1. The molecule has 1 heterocycles. The Morgan fingerprint density at radius 3 is 2.00 bits per heavy atom. The van der Waals surface area contributed by atoms with Gasteiger partial charge in [-0.3, -0.25) is 0 Å². The topological polar surface area (TPSA) is 86.6 Å². The van der Waals surface area contributed by atoms with Crippen molar-refractivity contribution in [2.45, 2.75) is 122 Å². The summed E-state index contributed by atoms with van der Waals surface area (Å²) in [7, 11) is 1.03. The first-order chi connectivity index (χ1) is 17.2. The summed E-state index contributed by atoms with van der Waals surface area (Å²) in [6.45, 7) is 19.5. The lowest BCUT2D eigenvalue weighted by molar-refractivity contribution is -0.242. The fourth-order valence-electron chi connectivity index (χ4n) is 6.52. The molecule has 0 unspecified atom stereocenters. The molecule has 1 saturated heterocycles. The zero-order valence-electron chi connectivity index (χ0n) is 24.9. The Labute approximate surface area is 225 Å². The van der Waals surface area contributed by atoms with E-state index in [0.29, 0.717) is 36.3 Å². The number of hydrogen-bond acceptors (Lipinski definition) is 7. The van der Waals surface area contributed by atoms with Gasteiger partial charge in [-0.25, -0.2) is 0 Å². The van der Waals surface area contributed by atoms with E-state index >= 15 is 0 Å². The van der Waals surface area contributed by atoms with Crippen LogP contribution in [0, 0.1) is 5.41 Å². The maximum Gasteiger partial charge on any atom is 0.200 e. The molecule has 214 valence electrons. The minimum atomic E-state index is -2.18. The third-order valence-electron chi connectivity index (χ3n) is 8.85. The highest BCUT2D eigenvalue weighted by atomic mass is 28.4. The average Bonchev–Trinajstić information content (AvgIpc) is 3.14. The summed E-state index contributed by atoms with van der Waals surface area (Å²) in [4.78, 5) is 0. The Morgan fingerprint density at radius 2 is 1.57 bits per heavy atom. The van der Waals surface area contributed by atoms with E-state index in [9.17, 15) is 10.2 Å². The van der Waals surface area contributed by atoms with Gasteiger partial charge in [-0.2, -0.15) is 0 Å². The molecule has 0 saturated carbocycles. The molecule has 1 fully saturated rings. The van der Waals surface area contributed by atoms with Gasteiger partial charge in [0.1, 0.15) is 17.5 Å². The summed E-state index contributed by atoms with van der Waals surface area (Å²) in [5.74, 6) is 0.773. The maximum atomic E-state index is 11.8. The number of ether oxygens (including phenoxy) is 4. The monoisotopic (exact) mass is 540 g/mol. The second-order valence-corrected chi connectivity index (χ2v) is 17.3. The molecule has 37 heavy (non-hydrogen) atoms. The molecule has 0 aliphatic carbocycles. The molecule has 1 aliphatic heterocycles. The molecule has 2 N–H and O–H groups in total. The van der Waals surface area contributed by atoms with Gasteiger partial charge < -0.3 is 33.6 Å². The molecule has 1 aromatic carbocycles. The predicted molar refractivity (Wildman–Crippen MR) is 149 cm³/mol. The van der Waals surface area contributed by atoms with Crippen LogP contribution in [-0.4, -0.2) is 69.6 Å². The Morgan fingerprint density at radius 1 is 1.03 bits per heavy atom. The van der Waals surface area contributed by atoms with Crippen molar-refractivity contribution in [2.75, 3.05) is 20.8 Å². The molecule has 0 amide bonds. The van der Waals surface area contributed by atoms with Gasteiger partial charge in [-0.05, 0) is 54.6 Å². The SMILES string of the molecule is CC[C@@H](O)[C@](C)(O)[C@]1(C)[C@H](OC)O[C@H](CO[Si](C(C)C)(C(C)C)C(C)C)[C@@H]1OCc1ccc(OC)cc1. The standard InChI is InChI=1S/C29H52O7Si/c1-12-25(30)29(9,31)28(8)26(34-17-22-13-15-23(32-10)16-14-22)24(36-27(28)33-11)18-35-37(19(2)3,20(4)5)21(6)7/h13-16,19-21,24-27,30-31H,12,17-18H2,1-11H3/t24-,25-,26+,27-,28+,29+/m1/s1. The van der Waals surface area contributed by atoms with Crippen LogP contribution in [-0.2, 0) is 25.2 Å². The van der Waals surface area contributed by atoms with Crippen LogP contribution in [0.15, 0.2) is 24.3 Å². The molecular weight excluding hydrogens is 488 g/mol. The van der Waals surface area contributed by atoms with Crippen molar-refractivity contribution in [1.82, 2.24) is 0 Å². The van der Waals surface area contributed by atoms with Gasteiger partial charge in [0, 0.05) is 7.11 Å². The highest BCUT2D eigenvalue weighted by Gasteiger charge is 2.65. The van der Waals surface area contributed by atoms with Gasteiger partial charge in [-0.15, -0.1) is 0 Å². The van der Waals surface area contributed by atoms with Crippen molar-refractivity contribution < 1.29 is 33.6 Å². The van der Waals surface area contributed by atoms with Gasteiger partial charge in [0.25, 0.3) is 0 Å². The van der Waals surface area contributed by atoms with Gasteiger partial charge in [0.15, 0.2) is 14.6 Å². The van der Waals surface area contributed by atoms with Crippen LogP contribution in [0.5, 0.6) is 5.75 Å². The van der Waals surface area contributed by atoms with Gasteiger partial charge in [-0.1, -0.05) is 60.6 Å². The second kappa shape index (κ2) is 12.9. The van der Waals surface area contributed by atoms with Crippen LogP contribution < -0.4 is 4.74 Å². The fraction of sp³-hybridized carbons (Fsp3) is 0.793. The smallest absolute Gasteiger partial charge is 0.200 e. The van der Waals surface area contributed by atoms with E-state index in [4.69, 9.17) is 23.4 Å². The number of methoxy groups -OCH3 is 2. The maximum absolute atomic E-state index is 11.8. The number of aliphatic hydroxyl groups is 2. The largest absolute Gasteiger partial charge is 0.497 e. The highest BCUT2D eigenvalue weighted by Crippen LogP contribution is 2.51. The van der Waals surface area contributed by atoms with Crippen LogP contribution >= 0.6 is 0 Å². The van der Waals surface area contributed by atoms with E-state index in [1.807, 2.05) is 38.1 Å². The lowest BCUT2D eigenvalue weighted by Gasteiger charge is -2.48. The summed E-state index contributed by atoms with van der Waals surface area (Å²) in [5, 5.41) is 22.6. The van der Waals surface area contributed by atoms with Crippen LogP contribution in [0.3, 0.4) is 0 Å². The van der Waals surface area contributed by atoms with E-state index in [0.717, 1.165) is 11.3 Å². The van der Waals surface area contributed by atoms with Crippen molar-refractivity contribution >= 4 is 8.32 Å². The van der Waals surface area contributed by atoms with Gasteiger partial charge >= 0.3 is 0 Å². The van der Waals surface area contributed by atoms with Crippen LogP contribution in [0.25, 0.3) is 0 Å². The van der Waals surface area contributed by atoms with Crippen molar-refractivity contribution in [3.05, 3.63) is 29.8 Å². The van der Waals surface area contributed by atoms with Crippen LogP contribution in [0.2, 0.25) is 16.6 Å². The Hall–Kier alpha value is -1.00. The molecule has 8 heteroatoms. The zero-order valence-corrected chi connectivity index (χ0v) is 25.9. The molecule has 7 nitrogen and oxygen atoms in total. The van der Waals surface area contributed by atoms with Gasteiger partial charge in [0.2, 0.25) is 0 Å². The summed E-state index contributed by atoms with van der Waals surface area (Å²) in [6.07, 6.45) is -2.46. The zero-order chi connectivity index (χ0) is 28.2. The predicted octanol–water partition coefficient (Wildman–Crippen LogP) is 5.67. The van der Waals surface area contributed by atoms with E-state index in [1.165, 1.54) is 0 Å². The summed E-state index contributed by atoms with van der Waals surface area (Å²) < 4.78 is 31.0. The number of benzene rings is 1. The van der Waals surface area contributed by atoms with E-state index in [-0.39, 0.29) is 0 Å². The number of hydrogen-bond donors (Lipinski definition) is 2. The Bertz CT molecular complexity index is 804. The van der Waals surface area contributed by atoms with E-state index in [2.05, 4.69) is 41.5 Å². The highest BCUT2D eigenvalue weighted by molar-refractivity contribution is 6.77. The molecule has 1 aromatic rings. The lowest BCUT2D eigenvalue weighted by atomic mass is 9.66. The quantitative estimate of drug-likeness (QED) is 0.294. The Balaban J connectivity index is 2.46. The molecule has 0 radical (unpaired) electrons. The van der Waals surface area contributed by atoms with Crippen molar-refractivity contribution in [1.29, 1.82) is 0 Å². The fourth-order valence-corrected chi connectivity index (χ4v) is 12.0. The molecule has 0 aromatic heterocycles. The van der Waals surface area contributed by atoms with E-state index < -0.39 is 43.9 Å². The molecule has 6 atom stereocenters. The van der Waals surface area contributed by atoms with Crippen molar-refractivity contribution in [3.63, 3.8) is 0 Å². The minimum Gasteiger partial charge on any atom is -0.497 e. The first-order valence-electron chi connectivity index (χ1n) is 13.7. The summed E-state index contributed by atoms with van der Waals surface area (Å²) >= 11 is 0. The molecule has 1 aliphatic rings. The molecule has 0 bridgehead atoms. The van der Waals surface area contributed by atoms with Gasteiger partial charge in [0.05, 0.1) is 37.9 Å². The minimum absolute atomic E-state index is 0.306. The normalized spacial score (nSPS) is 27.2. The Kier molecular flexibility index (Phi) is 11.2. The first-order valence-corrected chi connectivity index (χ1v) is 15.8. The van der Waals surface area contributed by atoms with E-state index in [1.54, 1.807) is 21.1 Å². The lowest BCUT2D eigenvalue weighted by Crippen LogP contribution is -2.62. The molecule has 0 spiro atoms. The molecular formula is C29H52O7Si. The number of rotatable bonds is 14. The average molecular weight is 541 g/mol. The molecule has 2 rings (SSSR count). The third-order valence-corrected chi connectivity index (χ3v) is 14.9. The second-order valence-electron chi connectivity index (χ2n) is 11.8. The van der Waals surface area contributed by atoms with Crippen LogP contribution in [0.4, 0.5) is 0 Å². The first kappa shape index (κ1) is 32.2. The van der Waals surface area contributed by atoms with Crippen LogP contribution in [0.1, 0.15) is 74.3 Å². The summed E-state index contributed by atoms with van der Waals surface area (Å²) in [5.41, 5.74) is -0.374.